The highest BCUT2D eigenvalue weighted by Crippen LogP contribution is 2.16. The molecule has 2 aromatic carbocycles. The number of carbonyl (C=O) groups excluding carboxylic acids is 1. The predicted molar refractivity (Wildman–Crippen MR) is 99.9 cm³/mol. The second kappa shape index (κ2) is 8.53. The van der Waals surface area contributed by atoms with E-state index in [9.17, 15) is 4.79 Å². The summed E-state index contributed by atoms with van der Waals surface area (Å²) >= 11 is 0. The van der Waals surface area contributed by atoms with Crippen molar-refractivity contribution in [1.29, 1.82) is 0 Å². The highest BCUT2D eigenvalue weighted by atomic mass is 16.5. The third kappa shape index (κ3) is 4.97. The van der Waals surface area contributed by atoms with Crippen molar-refractivity contribution >= 4 is 11.7 Å². The van der Waals surface area contributed by atoms with Gasteiger partial charge in [-0.1, -0.05) is 30.3 Å². The molecule has 3 rings (SSSR count). The van der Waals surface area contributed by atoms with Crippen LogP contribution >= 0.6 is 0 Å². The van der Waals surface area contributed by atoms with E-state index in [1.165, 1.54) is 5.56 Å². The number of carbonyl (C=O) groups is 1. The van der Waals surface area contributed by atoms with E-state index in [1.54, 1.807) is 0 Å². The Morgan fingerprint density at radius 2 is 1.68 bits per heavy atom. The number of amides is 2. The molecule has 0 spiro atoms. The molecule has 0 bridgehead atoms. The normalized spacial score (nSPS) is 15.0. The maximum atomic E-state index is 12.4. The van der Waals surface area contributed by atoms with Crippen molar-refractivity contribution in [2.45, 2.75) is 13.5 Å². The van der Waals surface area contributed by atoms with Gasteiger partial charge in [0.2, 0.25) is 0 Å². The monoisotopic (exact) mass is 339 g/mol. The number of piperazine rings is 1. The van der Waals surface area contributed by atoms with Crippen molar-refractivity contribution in [3.63, 3.8) is 0 Å². The lowest BCUT2D eigenvalue weighted by atomic mass is 10.2. The number of nitrogens with one attached hydrogen (secondary N) is 1. The van der Waals surface area contributed by atoms with Crippen molar-refractivity contribution in [3.05, 3.63) is 60.2 Å². The van der Waals surface area contributed by atoms with Crippen LogP contribution in [0.1, 0.15) is 12.5 Å². The third-order valence-electron chi connectivity index (χ3n) is 4.33. The molecule has 1 fully saturated rings. The van der Waals surface area contributed by atoms with Crippen LogP contribution in [0.2, 0.25) is 0 Å². The zero-order chi connectivity index (χ0) is 17.5. The fourth-order valence-electron chi connectivity index (χ4n) is 2.95. The summed E-state index contributed by atoms with van der Waals surface area (Å²) < 4.78 is 5.41. The first kappa shape index (κ1) is 17.3. The Labute approximate surface area is 149 Å². The van der Waals surface area contributed by atoms with Crippen LogP contribution in [0.3, 0.4) is 0 Å². The van der Waals surface area contributed by atoms with Gasteiger partial charge in [-0.3, -0.25) is 4.90 Å². The second-order valence-electron chi connectivity index (χ2n) is 6.14. The Kier molecular flexibility index (Phi) is 5.90. The maximum absolute atomic E-state index is 12.4. The molecule has 2 aromatic rings. The molecule has 25 heavy (non-hydrogen) atoms. The van der Waals surface area contributed by atoms with Crippen LogP contribution in [0.5, 0.6) is 5.75 Å². The lowest BCUT2D eigenvalue weighted by Gasteiger charge is -2.34. The molecule has 0 aromatic heterocycles. The van der Waals surface area contributed by atoms with Gasteiger partial charge in [0, 0.05) is 38.4 Å². The van der Waals surface area contributed by atoms with Gasteiger partial charge in [-0.05, 0) is 36.8 Å². The standard InChI is InChI=1S/C20H25N3O2/c1-2-25-19-10-8-18(9-11-19)21-20(24)23-14-12-22(13-15-23)16-17-6-4-3-5-7-17/h3-11H,2,12-16H2,1H3,(H,21,24). The summed E-state index contributed by atoms with van der Waals surface area (Å²) in [6.07, 6.45) is 0. The van der Waals surface area contributed by atoms with E-state index in [-0.39, 0.29) is 6.03 Å². The summed E-state index contributed by atoms with van der Waals surface area (Å²) in [5, 5.41) is 2.96. The summed E-state index contributed by atoms with van der Waals surface area (Å²) in [5.74, 6) is 0.815. The number of urea groups is 1. The number of benzene rings is 2. The quantitative estimate of drug-likeness (QED) is 0.908. The van der Waals surface area contributed by atoms with Crippen LogP contribution in [0.4, 0.5) is 10.5 Å². The lowest BCUT2D eigenvalue weighted by Crippen LogP contribution is -2.49. The largest absolute Gasteiger partial charge is 0.494 e. The summed E-state index contributed by atoms with van der Waals surface area (Å²) in [6, 6.07) is 17.9. The van der Waals surface area contributed by atoms with Gasteiger partial charge in [-0.15, -0.1) is 0 Å². The van der Waals surface area contributed by atoms with Crippen LogP contribution in [0.15, 0.2) is 54.6 Å². The topological polar surface area (TPSA) is 44.8 Å². The zero-order valence-corrected chi connectivity index (χ0v) is 14.6. The van der Waals surface area contributed by atoms with Gasteiger partial charge in [0.1, 0.15) is 5.75 Å². The van der Waals surface area contributed by atoms with Crippen LogP contribution in [0.25, 0.3) is 0 Å². The SMILES string of the molecule is CCOc1ccc(NC(=O)N2CCN(Cc3ccccc3)CC2)cc1. The maximum Gasteiger partial charge on any atom is 0.321 e. The molecule has 1 heterocycles. The number of hydrogen-bond acceptors (Lipinski definition) is 3. The van der Waals surface area contributed by atoms with E-state index in [1.807, 2.05) is 42.2 Å². The summed E-state index contributed by atoms with van der Waals surface area (Å²) in [7, 11) is 0. The number of hydrogen-bond donors (Lipinski definition) is 1. The van der Waals surface area contributed by atoms with Crippen molar-refractivity contribution in [1.82, 2.24) is 9.80 Å². The molecule has 1 aliphatic heterocycles. The minimum absolute atomic E-state index is 0.0384. The van der Waals surface area contributed by atoms with Crippen LogP contribution in [-0.4, -0.2) is 48.6 Å². The first-order valence-corrected chi connectivity index (χ1v) is 8.79. The smallest absolute Gasteiger partial charge is 0.321 e. The van der Waals surface area contributed by atoms with Gasteiger partial charge in [0.25, 0.3) is 0 Å². The molecule has 0 atom stereocenters. The van der Waals surface area contributed by atoms with E-state index in [2.05, 4.69) is 34.5 Å². The first-order chi connectivity index (χ1) is 12.2. The van der Waals surface area contributed by atoms with Crippen molar-refractivity contribution in [3.8, 4) is 5.75 Å². The average Bonchev–Trinajstić information content (AvgIpc) is 2.65. The molecule has 0 unspecified atom stereocenters. The molecular weight excluding hydrogens is 314 g/mol. The Hall–Kier alpha value is -2.53. The summed E-state index contributed by atoms with van der Waals surface area (Å²) in [5.41, 5.74) is 2.11. The lowest BCUT2D eigenvalue weighted by molar-refractivity contribution is 0.143. The molecule has 1 aliphatic rings. The zero-order valence-electron chi connectivity index (χ0n) is 14.6. The highest BCUT2D eigenvalue weighted by Gasteiger charge is 2.21. The Balaban J connectivity index is 1.46. The van der Waals surface area contributed by atoms with Gasteiger partial charge < -0.3 is 15.0 Å². The van der Waals surface area contributed by atoms with Gasteiger partial charge in [0.05, 0.1) is 6.61 Å². The van der Waals surface area contributed by atoms with Crippen molar-refractivity contribution < 1.29 is 9.53 Å². The summed E-state index contributed by atoms with van der Waals surface area (Å²) in [6.45, 7) is 6.81. The van der Waals surface area contributed by atoms with Crippen molar-refractivity contribution in [2.75, 3.05) is 38.1 Å². The molecule has 0 aliphatic carbocycles. The van der Waals surface area contributed by atoms with E-state index in [0.717, 1.165) is 44.2 Å². The van der Waals surface area contributed by atoms with Crippen molar-refractivity contribution in [2.24, 2.45) is 0 Å². The van der Waals surface area contributed by atoms with E-state index in [4.69, 9.17) is 4.74 Å². The van der Waals surface area contributed by atoms with E-state index in [0.29, 0.717) is 6.61 Å². The van der Waals surface area contributed by atoms with Gasteiger partial charge in [0.15, 0.2) is 0 Å². The number of ether oxygens (including phenoxy) is 1. The second-order valence-corrected chi connectivity index (χ2v) is 6.14. The number of anilines is 1. The Morgan fingerprint density at radius 3 is 2.32 bits per heavy atom. The molecule has 132 valence electrons. The minimum Gasteiger partial charge on any atom is -0.494 e. The highest BCUT2D eigenvalue weighted by molar-refractivity contribution is 5.89. The fraction of sp³-hybridized carbons (Fsp3) is 0.350. The Morgan fingerprint density at radius 1 is 1.00 bits per heavy atom. The molecule has 5 nitrogen and oxygen atoms in total. The van der Waals surface area contributed by atoms with Crippen LogP contribution < -0.4 is 10.1 Å². The molecule has 0 radical (unpaired) electrons. The predicted octanol–water partition coefficient (Wildman–Crippen LogP) is 3.44. The molecule has 1 saturated heterocycles. The fourth-order valence-corrected chi connectivity index (χ4v) is 2.95. The van der Waals surface area contributed by atoms with E-state index >= 15 is 0 Å². The van der Waals surface area contributed by atoms with Gasteiger partial charge in [-0.2, -0.15) is 0 Å². The number of rotatable bonds is 5. The van der Waals surface area contributed by atoms with Gasteiger partial charge >= 0.3 is 6.03 Å². The van der Waals surface area contributed by atoms with E-state index < -0.39 is 0 Å². The first-order valence-electron chi connectivity index (χ1n) is 8.79. The molecular formula is C20H25N3O2. The molecule has 2 amide bonds. The third-order valence-corrected chi connectivity index (χ3v) is 4.33. The average molecular weight is 339 g/mol. The van der Waals surface area contributed by atoms with Crippen LogP contribution in [0, 0.1) is 0 Å². The van der Waals surface area contributed by atoms with Gasteiger partial charge in [-0.25, -0.2) is 4.79 Å². The number of nitrogens with zero attached hydrogens (tertiary/aromatic N) is 2. The summed E-state index contributed by atoms with van der Waals surface area (Å²) in [4.78, 5) is 16.7. The molecule has 0 saturated carbocycles. The molecule has 1 N–H and O–H groups in total. The Bertz CT molecular complexity index is 665. The molecule has 5 heteroatoms. The van der Waals surface area contributed by atoms with Crippen LogP contribution in [-0.2, 0) is 6.54 Å². The minimum atomic E-state index is -0.0384.